The van der Waals surface area contributed by atoms with Crippen LogP contribution in [0.5, 0.6) is 0 Å². The first-order valence-corrected chi connectivity index (χ1v) is 10.3. The number of benzene rings is 2. The number of hydrogen-bond acceptors (Lipinski definition) is 5. The van der Waals surface area contributed by atoms with Crippen molar-refractivity contribution in [3.05, 3.63) is 57.5 Å². The van der Waals surface area contributed by atoms with Crippen LogP contribution in [0.1, 0.15) is 12.0 Å². The Hall–Kier alpha value is -2.03. The van der Waals surface area contributed by atoms with Crippen molar-refractivity contribution in [3.63, 3.8) is 0 Å². The van der Waals surface area contributed by atoms with Crippen molar-refractivity contribution in [2.75, 3.05) is 16.9 Å². The van der Waals surface area contributed by atoms with E-state index in [9.17, 15) is 4.79 Å². The highest BCUT2D eigenvalue weighted by Gasteiger charge is 2.15. The topological polar surface area (TPSA) is 85.8 Å². The second-order valence-corrected chi connectivity index (χ2v) is 8.11. The van der Waals surface area contributed by atoms with Crippen molar-refractivity contribution in [2.24, 2.45) is 0 Å². The number of rotatable bonds is 6. The fourth-order valence-corrected chi connectivity index (χ4v) is 3.81. The maximum atomic E-state index is 12.2. The van der Waals surface area contributed by atoms with Crippen molar-refractivity contribution >= 4 is 50.9 Å². The molecule has 1 heterocycles. The molecular formula is C18H17BrClN5OS. The van der Waals surface area contributed by atoms with Gasteiger partial charge in [-0.25, -0.2) is 4.68 Å². The molecule has 0 spiro atoms. The summed E-state index contributed by atoms with van der Waals surface area (Å²) in [6, 6.07) is 13.0. The number of nitrogens with two attached hydrogens (primary N) is 1. The minimum absolute atomic E-state index is 0.0954. The van der Waals surface area contributed by atoms with E-state index < -0.39 is 0 Å². The molecule has 3 rings (SSSR count). The van der Waals surface area contributed by atoms with Crippen LogP contribution in [0.15, 0.2) is 52.1 Å². The van der Waals surface area contributed by atoms with Gasteiger partial charge in [-0.15, -0.1) is 10.2 Å². The number of carbonyl (C=O) groups is 1. The van der Waals surface area contributed by atoms with E-state index in [0.717, 1.165) is 21.3 Å². The molecule has 9 heteroatoms. The quantitative estimate of drug-likeness (QED) is 0.412. The average molecular weight is 467 g/mol. The van der Waals surface area contributed by atoms with Gasteiger partial charge in [0.25, 0.3) is 0 Å². The van der Waals surface area contributed by atoms with E-state index in [0.29, 0.717) is 28.2 Å². The number of aromatic nitrogens is 3. The van der Waals surface area contributed by atoms with Crippen molar-refractivity contribution in [2.45, 2.75) is 18.5 Å². The van der Waals surface area contributed by atoms with Crippen molar-refractivity contribution in [1.29, 1.82) is 0 Å². The Morgan fingerprint density at radius 1 is 1.30 bits per heavy atom. The van der Waals surface area contributed by atoms with Crippen molar-refractivity contribution in [3.8, 4) is 11.4 Å². The molecule has 0 atom stereocenters. The number of anilines is 1. The van der Waals surface area contributed by atoms with Crippen molar-refractivity contribution < 1.29 is 4.79 Å². The van der Waals surface area contributed by atoms with Crippen molar-refractivity contribution in [1.82, 2.24) is 14.9 Å². The minimum Gasteiger partial charge on any atom is -0.335 e. The molecule has 6 nitrogen and oxygen atoms in total. The predicted octanol–water partition coefficient (Wildman–Crippen LogP) is 4.50. The van der Waals surface area contributed by atoms with Crippen LogP contribution < -0.4 is 11.2 Å². The van der Waals surface area contributed by atoms with Gasteiger partial charge in [-0.3, -0.25) is 4.79 Å². The van der Waals surface area contributed by atoms with E-state index in [1.54, 1.807) is 12.1 Å². The fourth-order valence-electron chi connectivity index (χ4n) is 2.38. The van der Waals surface area contributed by atoms with E-state index in [2.05, 4.69) is 31.4 Å². The lowest BCUT2D eigenvalue weighted by atomic mass is 10.2. The third-order valence-electron chi connectivity index (χ3n) is 3.81. The van der Waals surface area contributed by atoms with Gasteiger partial charge in [-0.2, -0.15) is 0 Å². The lowest BCUT2D eigenvalue weighted by Gasteiger charge is -2.09. The SMILES string of the molecule is Cc1ccc(Cl)cc1NC(=O)CCSc1nnc(-c2ccccc2Br)n1N. The molecule has 27 heavy (non-hydrogen) atoms. The zero-order chi connectivity index (χ0) is 19.4. The van der Waals surface area contributed by atoms with Gasteiger partial charge in [0, 0.05) is 32.9 Å². The number of halogens is 2. The molecule has 1 amide bonds. The summed E-state index contributed by atoms with van der Waals surface area (Å²) in [5.41, 5.74) is 2.53. The number of nitrogens with one attached hydrogen (secondary N) is 1. The molecular weight excluding hydrogens is 450 g/mol. The fraction of sp³-hybridized carbons (Fsp3) is 0.167. The van der Waals surface area contributed by atoms with E-state index in [4.69, 9.17) is 17.4 Å². The molecule has 0 aliphatic rings. The summed E-state index contributed by atoms with van der Waals surface area (Å²) in [6.07, 6.45) is 0.313. The number of nitrogens with zero attached hydrogens (tertiary/aromatic N) is 3. The van der Waals surface area contributed by atoms with Crippen LogP contribution in [0.3, 0.4) is 0 Å². The highest BCUT2D eigenvalue weighted by Crippen LogP contribution is 2.28. The number of thioether (sulfide) groups is 1. The second-order valence-electron chi connectivity index (χ2n) is 5.76. The van der Waals surface area contributed by atoms with Gasteiger partial charge in [0.2, 0.25) is 11.1 Å². The minimum atomic E-state index is -0.0954. The molecule has 0 saturated heterocycles. The van der Waals surface area contributed by atoms with Gasteiger partial charge < -0.3 is 11.2 Å². The number of amides is 1. The lowest BCUT2D eigenvalue weighted by molar-refractivity contribution is -0.115. The third-order valence-corrected chi connectivity index (χ3v) is 5.68. The van der Waals surface area contributed by atoms with Crippen LogP contribution in [0, 0.1) is 6.92 Å². The van der Waals surface area contributed by atoms with Gasteiger partial charge >= 0.3 is 0 Å². The zero-order valence-corrected chi connectivity index (χ0v) is 17.6. The Morgan fingerprint density at radius 2 is 2.07 bits per heavy atom. The molecule has 2 aromatic carbocycles. The molecule has 3 N–H and O–H groups in total. The Balaban J connectivity index is 1.59. The van der Waals surface area contributed by atoms with Crippen LogP contribution >= 0.6 is 39.3 Å². The molecule has 1 aromatic heterocycles. The lowest BCUT2D eigenvalue weighted by Crippen LogP contribution is -2.14. The first-order chi connectivity index (χ1) is 13.0. The number of nitrogen functional groups attached to an aromatic ring is 1. The van der Waals surface area contributed by atoms with E-state index in [1.165, 1.54) is 16.4 Å². The van der Waals surface area contributed by atoms with Crippen LogP contribution in [-0.2, 0) is 4.79 Å². The predicted molar refractivity (Wildman–Crippen MR) is 113 cm³/mol. The molecule has 0 unspecified atom stereocenters. The normalized spacial score (nSPS) is 10.8. The molecule has 0 fully saturated rings. The maximum Gasteiger partial charge on any atom is 0.225 e. The Morgan fingerprint density at radius 3 is 2.85 bits per heavy atom. The molecule has 0 aliphatic heterocycles. The summed E-state index contributed by atoms with van der Waals surface area (Å²) >= 11 is 10.8. The standard InChI is InChI=1S/C18H17BrClN5OS/c1-11-6-7-12(20)10-15(11)22-16(26)8-9-27-18-24-23-17(25(18)21)13-4-2-3-5-14(13)19/h2-7,10H,8-9,21H2,1H3,(H,22,26). The molecule has 140 valence electrons. The first-order valence-electron chi connectivity index (χ1n) is 8.10. The van der Waals surface area contributed by atoms with Crippen LogP contribution in [-0.4, -0.2) is 26.5 Å². The highest BCUT2D eigenvalue weighted by molar-refractivity contribution is 9.10. The maximum absolute atomic E-state index is 12.2. The second kappa shape index (κ2) is 8.77. The Labute approximate surface area is 174 Å². The Bertz CT molecular complexity index is 978. The third kappa shape index (κ3) is 4.82. The highest BCUT2D eigenvalue weighted by atomic mass is 79.9. The van der Waals surface area contributed by atoms with E-state index in [-0.39, 0.29) is 5.91 Å². The van der Waals surface area contributed by atoms with Gasteiger partial charge in [0.15, 0.2) is 5.82 Å². The van der Waals surface area contributed by atoms with Gasteiger partial charge in [-0.05, 0) is 36.8 Å². The molecule has 0 radical (unpaired) electrons. The molecule has 0 saturated carbocycles. The number of carbonyl (C=O) groups excluding carboxylic acids is 1. The van der Waals surface area contributed by atoms with Crippen LogP contribution in [0.4, 0.5) is 5.69 Å². The smallest absolute Gasteiger partial charge is 0.225 e. The monoisotopic (exact) mass is 465 g/mol. The van der Waals surface area contributed by atoms with Gasteiger partial charge in [0.1, 0.15) is 0 Å². The average Bonchev–Trinajstić information content (AvgIpc) is 2.99. The molecule has 3 aromatic rings. The van der Waals surface area contributed by atoms with Gasteiger partial charge in [-0.1, -0.05) is 57.5 Å². The first kappa shape index (κ1) is 19.7. The van der Waals surface area contributed by atoms with Gasteiger partial charge in [0.05, 0.1) is 0 Å². The summed E-state index contributed by atoms with van der Waals surface area (Å²) in [6.45, 7) is 1.92. The molecule has 0 aliphatic carbocycles. The Kier molecular flexibility index (Phi) is 6.41. The number of aryl methyl sites for hydroxylation is 1. The summed E-state index contributed by atoms with van der Waals surface area (Å²) in [7, 11) is 0. The largest absolute Gasteiger partial charge is 0.335 e. The zero-order valence-electron chi connectivity index (χ0n) is 14.4. The summed E-state index contributed by atoms with van der Waals surface area (Å²) in [4.78, 5) is 12.2. The molecule has 0 bridgehead atoms. The van der Waals surface area contributed by atoms with Crippen LogP contribution in [0.25, 0.3) is 11.4 Å². The number of hydrogen-bond donors (Lipinski definition) is 2. The van der Waals surface area contributed by atoms with Crippen LogP contribution in [0.2, 0.25) is 5.02 Å². The van der Waals surface area contributed by atoms with E-state index >= 15 is 0 Å². The summed E-state index contributed by atoms with van der Waals surface area (Å²) in [5, 5.41) is 12.3. The van der Waals surface area contributed by atoms with E-state index in [1.807, 2.05) is 37.3 Å². The summed E-state index contributed by atoms with van der Waals surface area (Å²) in [5.74, 6) is 7.10. The summed E-state index contributed by atoms with van der Waals surface area (Å²) < 4.78 is 2.32.